The molecule has 4 rings (SSSR count). The minimum Gasteiger partial charge on any atom is -0.495 e. The standard InChI is InChI=1S/C21H17ClF2N4O/c1-11-12(2)28(14-5-6-16(23)17(24)9-14)21-19(11)20(25-10-26-21)27-13-4-7-18(29-3)15(22)8-13/h4-10H,1-3H3,(H,25,26,27). The van der Waals surface area contributed by atoms with E-state index in [9.17, 15) is 8.78 Å². The van der Waals surface area contributed by atoms with Gasteiger partial charge in [-0.2, -0.15) is 0 Å². The van der Waals surface area contributed by atoms with E-state index in [-0.39, 0.29) is 0 Å². The summed E-state index contributed by atoms with van der Waals surface area (Å²) in [4.78, 5) is 8.76. The van der Waals surface area contributed by atoms with Gasteiger partial charge in [0, 0.05) is 17.4 Å². The number of benzene rings is 2. The number of nitrogens with zero attached hydrogens (tertiary/aromatic N) is 3. The Morgan fingerprint density at radius 3 is 2.52 bits per heavy atom. The predicted octanol–water partition coefficient (Wildman–Crippen LogP) is 5.72. The van der Waals surface area contributed by atoms with Crippen molar-refractivity contribution in [2.75, 3.05) is 12.4 Å². The molecular weight excluding hydrogens is 398 g/mol. The number of aromatic nitrogens is 3. The van der Waals surface area contributed by atoms with Gasteiger partial charge >= 0.3 is 0 Å². The summed E-state index contributed by atoms with van der Waals surface area (Å²) in [6.45, 7) is 3.83. The maximum atomic E-state index is 13.8. The lowest BCUT2D eigenvalue weighted by Gasteiger charge is -2.10. The first-order valence-corrected chi connectivity index (χ1v) is 9.17. The second-order valence-electron chi connectivity index (χ2n) is 6.54. The summed E-state index contributed by atoms with van der Waals surface area (Å²) < 4.78 is 34.2. The maximum Gasteiger partial charge on any atom is 0.160 e. The highest BCUT2D eigenvalue weighted by atomic mass is 35.5. The second kappa shape index (κ2) is 7.33. The van der Waals surface area contributed by atoms with Crippen molar-refractivity contribution in [2.45, 2.75) is 13.8 Å². The van der Waals surface area contributed by atoms with Gasteiger partial charge in [0.15, 0.2) is 17.3 Å². The zero-order chi connectivity index (χ0) is 20.7. The Labute approximate surface area is 170 Å². The predicted molar refractivity (Wildman–Crippen MR) is 110 cm³/mol. The lowest BCUT2D eigenvalue weighted by molar-refractivity contribution is 0.415. The van der Waals surface area contributed by atoms with Crippen LogP contribution >= 0.6 is 11.6 Å². The molecule has 0 aliphatic carbocycles. The van der Waals surface area contributed by atoms with Crippen LogP contribution < -0.4 is 10.1 Å². The average molecular weight is 415 g/mol. The number of fused-ring (bicyclic) bond motifs is 1. The molecule has 0 radical (unpaired) electrons. The van der Waals surface area contributed by atoms with Crippen LogP contribution in [0, 0.1) is 25.5 Å². The summed E-state index contributed by atoms with van der Waals surface area (Å²) in [5.41, 5.74) is 3.57. The molecule has 0 fully saturated rings. The van der Waals surface area contributed by atoms with E-state index in [1.54, 1.807) is 23.8 Å². The van der Waals surface area contributed by atoms with Crippen molar-refractivity contribution < 1.29 is 13.5 Å². The number of aryl methyl sites for hydroxylation is 1. The third kappa shape index (κ3) is 3.27. The minimum atomic E-state index is -0.915. The molecule has 2 heterocycles. The molecule has 148 valence electrons. The Kier molecular flexibility index (Phi) is 4.84. The molecule has 4 aromatic rings. The van der Waals surface area contributed by atoms with Gasteiger partial charge in [-0.3, -0.25) is 4.57 Å². The van der Waals surface area contributed by atoms with Gasteiger partial charge in [0.2, 0.25) is 0 Å². The molecule has 0 aliphatic heterocycles. The van der Waals surface area contributed by atoms with E-state index in [4.69, 9.17) is 16.3 Å². The summed E-state index contributed by atoms with van der Waals surface area (Å²) in [6, 6.07) is 9.09. The third-order valence-electron chi connectivity index (χ3n) is 4.87. The van der Waals surface area contributed by atoms with Crippen molar-refractivity contribution in [3.63, 3.8) is 0 Å². The van der Waals surface area contributed by atoms with Gasteiger partial charge in [0.25, 0.3) is 0 Å². The smallest absolute Gasteiger partial charge is 0.160 e. The first-order valence-electron chi connectivity index (χ1n) is 8.79. The Morgan fingerprint density at radius 2 is 1.83 bits per heavy atom. The van der Waals surface area contributed by atoms with Crippen molar-refractivity contribution in [3.05, 3.63) is 70.6 Å². The van der Waals surface area contributed by atoms with Crippen LogP contribution in [0.15, 0.2) is 42.7 Å². The van der Waals surface area contributed by atoms with Crippen molar-refractivity contribution in [2.24, 2.45) is 0 Å². The molecule has 0 bridgehead atoms. The van der Waals surface area contributed by atoms with Crippen molar-refractivity contribution in [3.8, 4) is 11.4 Å². The third-order valence-corrected chi connectivity index (χ3v) is 5.16. The van der Waals surface area contributed by atoms with E-state index in [2.05, 4.69) is 15.3 Å². The van der Waals surface area contributed by atoms with E-state index in [0.29, 0.717) is 27.9 Å². The first kappa shape index (κ1) is 19.1. The summed E-state index contributed by atoms with van der Waals surface area (Å²) in [5, 5.41) is 4.50. The lowest BCUT2D eigenvalue weighted by atomic mass is 10.2. The van der Waals surface area contributed by atoms with Crippen LogP contribution in [-0.4, -0.2) is 21.6 Å². The number of methoxy groups -OCH3 is 1. The van der Waals surface area contributed by atoms with Gasteiger partial charge in [0.1, 0.15) is 17.9 Å². The zero-order valence-electron chi connectivity index (χ0n) is 15.9. The van der Waals surface area contributed by atoms with E-state index in [1.807, 2.05) is 19.9 Å². The summed E-state index contributed by atoms with van der Waals surface area (Å²) in [7, 11) is 1.55. The van der Waals surface area contributed by atoms with Gasteiger partial charge < -0.3 is 10.1 Å². The van der Waals surface area contributed by atoms with Crippen LogP contribution in [0.3, 0.4) is 0 Å². The summed E-state index contributed by atoms with van der Waals surface area (Å²) >= 11 is 6.21. The number of anilines is 2. The van der Waals surface area contributed by atoms with E-state index < -0.39 is 11.6 Å². The van der Waals surface area contributed by atoms with E-state index in [1.165, 1.54) is 12.4 Å². The molecule has 0 saturated heterocycles. The van der Waals surface area contributed by atoms with E-state index in [0.717, 1.165) is 34.5 Å². The fourth-order valence-corrected chi connectivity index (χ4v) is 3.57. The van der Waals surface area contributed by atoms with Crippen LogP contribution in [0.1, 0.15) is 11.3 Å². The Balaban J connectivity index is 1.85. The Morgan fingerprint density at radius 1 is 1.03 bits per heavy atom. The average Bonchev–Trinajstić information content (AvgIpc) is 2.96. The molecule has 0 spiro atoms. The molecule has 0 amide bonds. The van der Waals surface area contributed by atoms with Crippen LogP contribution in [0.4, 0.5) is 20.3 Å². The zero-order valence-corrected chi connectivity index (χ0v) is 16.7. The molecule has 2 aromatic heterocycles. The number of hydrogen-bond donors (Lipinski definition) is 1. The second-order valence-corrected chi connectivity index (χ2v) is 6.95. The molecule has 0 atom stereocenters. The Bertz CT molecular complexity index is 1240. The Hall–Kier alpha value is -3.19. The number of ether oxygens (including phenoxy) is 1. The van der Waals surface area contributed by atoms with Crippen LogP contribution in [0.5, 0.6) is 5.75 Å². The quantitative estimate of drug-likeness (QED) is 0.464. The topological polar surface area (TPSA) is 52.0 Å². The number of rotatable bonds is 4. The molecule has 1 N–H and O–H groups in total. The van der Waals surface area contributed by atoms with Gasteiger partial charge in [-0.15, -0.1) is 0 Å². The number of nitrogens with one attached hydrogen (secondary N) is 1. The molecule has 29 heavy (non-hydrogen) atoms. The number of halogens is 3. The van der Waals surface area contributed by atoms with Gasteiger partial charge in [-0.05, 0) is 49.7 Å². The SMILES string of the molecule is COc1ccc(Nc2ncnc3c2c(C)c(C)n3-c2ccc(F)c(F)c2)cc1Cl. The normalized spacial score (nSPS) is 11.1. The molecule has 2 aromatic carbocycles. The molecule has 5 nitrogen and oxygen atoms in total. The van der Waals surface area contributed by atoms with Crippen molar-refractivity contribution in [1.82, 2.24) is 14.5 Å². The maximum absolute atomic E-state index is 13.8. The first-order chi connectivity index (χ1) is 13.9. The van der Waals surface area contributed by atoms with Crippen LogP contribution in [0.2, 0.25) is 5.02 Å². The van der Waals surface area contributed by atoms with Crippen LogP contribution in [-0.2, 0) is 0 Å². The van der Waals surface area contributed by atoms with Gasteiger partial charge in [-0.1, -0.05) is 11.6 Å². The highest BCUT2D eigenvalue weighted by Gasteiger charge is 2.19. The highest BCUT2D eigenvalue weighted by molar-refractivity contribution is 6.32. The lowest BCUT2D eigenvalue weighted by Crippen LogP contribution is -2.01. The largest absolute Gasteiger partial charge is 0.495 e. The monoisotopic (exact) mass is 414 g/mol. The van der Waals surface area contributed by atoms with E-state index >= 15 is 0 Å². The van der Waals surface area contributed by atoms with Crippen LogP contribution in [0.25, 0.3) is 16.7 Å². The summed E-state index contributed by atoms with van der Waals surface area (Å²) in [6.07, 6.45) is 1.42. The van der Waals surface area contributed by atoms with Gasteiger partial charge in [0.05, 0.1) is 23.2 Å². The number of hydrogen-bond acceptors (Lipinski definition) is 4. The fraction of sp³-hybridized carbons (Fsp3) is 0.143. The van der Waals surface area contributed by atoms with Crippen molar-refractivity contribution >= 4 is 34.1 Å². The molecule has 0 unspecified atom stereocenters. The highest BCUT2D eigenvalue weighted by Crippen LogP contribution is 2.34. The molecule has 8 heteroatoms. The summed E-state index contributed by atoms with van der Waals surface area (Å²) in [5.74, 6) is -0.658. The minimum absolute atomic E-state index is 0.468. The van der Waals surface area contributed by atoms with Gasteiger partial charge in [-0.25, -0.2) is 18.7 Å². The van der Waals surface area contributed by atoms with Crippen molar-refractivity contribution in [1.29, 1.82) is 0 Å². The molecule has 0 saturated carbocycles. The molecule has 0 aliphatic rings. The molecular formula is C21H17ClF2N4O. The fourth-order valence-electron chi connectivity index (χ4n) is 3.31.